The Hall–Kier alpha value is -2.63. The second-order valence-electron chi connectivity index (χ2n) is 5.75. The van der Waals surface area contributed by atoms with E-state index in [1.807, 2.05) is 47.8 Å². The first-order chi connectivity index (χ1) is 12.8. The molecule has 5 heteroatoms. The van der Waals surface area contributed by atoms with Gasteiger partial charge in [-0.25, -0.2) is 4.98 Å². The Morgan fingerprint density at radius 1 is 0.962 bits per heavy atom. The van der Waals surface area contributed by atoms with Gasteiger partial charge in [-0.2, -0.15) is 0 Å². The molecule has 1 N–H and O–H groups in total. The van der Waals surface area contributed by atoms with E-state index in [1.165, 1.54) is 33.9 Å². The zero-order valence-electron chi connectivity index (χ0n) is 13.9. The topological polar surface area (TPSA) is 42.0 Å². The van der Waals surface area contributed by atoms with Crippen LogP contribution in [0.25, 0.3) is 22.0 Å². The van der Waals surface area contributed by atoms with Gasteiger partial charge in [0.05, 0.1) is 11.4 Å². The van der Waals surface area contributed by atoms with Crippen molar-refractivity contribution in [1.29, 1.82) is 0 Å². The first-order valence-electron chi connectivity index (χ1n) is 8.20. The molecule has 1 amide bonds. The third kappa shape index (κ3) is 3.95. The Morgan fingerprint density at radius 3 is 2.58 bits per heavy atom. The molecule has 4 rings (SSSR count). The lowest BCUT2D eigenvalue weighted by Crippen LogP contribution is -2.13. The van der Waals surface area contributed by atoms with E-state index >= 15 is 0 Å². The van der Waals surface area contributed by atoms with Gasteiger partial charge in [-0.1, -0.05) is 60.7 Å². The van der Waals surface area contributed by atoms with Crippen molar-refractivity contribution in [3.63, 3.8) is 0 Å². The summed E-state index contributed by atoms with van der Waals surface area (Å²) >= 11 is 2.97. The molecule has 0 spiro atoms. The summed E-state index contributed by atoms with van der Waals surface area (Å²) in [5.74, 6) is 0.315. The van der Waals surface area contributed by atoms with Gasteiger partial charge < -0.3 is 5.32 Å². The number of thioether (sulfide) groups is 1. The molecule has 1 heterocycles. The predicted octanol–water partition coefficient (Wildman–Crippen LogP) is 5.69. The van der Waals surface area contributed by atoms with Crippen molar-refractivity contribution in [3.05, 3.63) is 78.2 Å². The zero-order chi connectivity index (χ0) is 17.8. The highest BCUT2D eigenvalue weighted by Gasteiger charge is 2.09. The first kappa shape index (κ1) is 16.8. The van der Waals surface area contributed by atoms with Gasteiger partial charge in [0.25, 0.3) is 0 Å². The average molecular weight is 377 g/mol. The Labute approximate surface area is 160 Å². The number of thiazole rings is 1. The highest BCUT2D eigenvalue weighted by atomic mass is 32.2. The van der Waals surface area contributed by atoms with E-state index in [0.717, 1.165) is 16.2 Å². The lowest BCUT2D eigenvalue weighted by Gasteiger charge is -2.04. The minimum Gasteiger partial charge on any atom is -0.301 e. The first-order valence-corrected chi connectivity index (χ1v) is 10.1. The van der Waals surface area contributed by atoms with Gasteiger partial charge >= 0.3 is 0 Å². The number of rotatable bonds is 5. The van der Waals surface area contributed by atoms with Crippen molar-refractivity contribution >= 4 is 44.9 Å². The number of hydrogen-bond donors (Lipinski definition) is 1. The lowest BCUT2D eigenvalue weighted by atomic mass is 10.1. The lowest BCUT2D eigenvalue weighted by molar-refractivity contribution is -0.113. The molecule has 128 valence electrons. The van der Waals surface area contributed by atoms with Crippen LogP contribution in [0.5, 0.6) is 0 Å². The number of anilines is 1. The van der Waals surface area contributed by atoms with Gasteiger partial charge in [-0.05, 0) is 22.9 Å². The van der Waals surface area contributed by atoms with Crippen LogP contribution in [-0.4, -0.2) is 16.6 Å². The number of nitrogens with one attached hydrogen (secondary N) is 1. The van der Waals surface area contributed by atoms with E-state index in [4.69, 9.17) is 0 Å². The van der Waals surface area contributed by atoms with Gasteiger partial charge in [-0.3, -0.25) is 4.79 Å². The van der Waals surface area contributed by atoms with E-state index in [1.54, 1.807) is 0 Å². The molecule has 0 atom stereocenters. The maximum absolute atomic E-state index is 12.2. The van der Waals surface area contributed by atoms with Crippen LogP contribution in [0.15, 0.2) is 83.1 Å². The van der Waals surface area contributed by atoms with Crippen LogP contribution in [0.1, 0.15) is 0 Å². The molecular formula is C21H16N2OS2. The van der Waals surface area contributed by atoms with E-state index in [-0.39, 0.29) is 5.91 Å². The minimum absolute atomic E-state index is 0.0443. The van der Waals surface area contributed by atoms with E-state index < -0.39 is 0 Å². The molecule has 0 aliphatic heterocycles. The summed E-state index contributed by atoms with van der Waals surface area (Å²) in [5, 5.41) is 7.87. The largest absolute Gasteiger partial charge is 0.301 e. The molecule has 0 aliphatic carbocycles. The third-order valence-corrected chi connectivity index (χ3v) is 5.66. The standard InChI is InChI=1S/C21H16N2OS2/c24-20(14-25-18-11-10-15-6-4-5-9-17(15)12-18)23-21-22-19(13-26-21)16-7-2-1-3-8-16/h1-13H,14H2,(H,22,23,24). The fraction of sp³-hybridized carbons (Fsp3) is 0.0476. The van der Waals surface area contributed by atoms with E-state index in [0.29, 0.717) is 10.9 Å². The molecule has 0 fully saturated rings. The van der Waals surface area contributed by atoms with Crippen LogP contribution in [0.4, 0.5) is 5.13 Å². The number of carbonyl (C=O) groups is 1. The molecule has 0 saturated heterocycles. The Balaban J connectivity index is 1.37. The quantitative estimate of drug-likeness (QED) is 0.455. The van der Waals surface area contributed by atoms with Crippen LogP contribution in [0.3, 0.4) is 0 Å². The van der Waals surface area contributed by atoms with Gasteiger partial charge in [0.15, 0.2) is 5.13 Å². The van der Waals surface area contributed by atoms with Crippen LogP contribution in [-0.2, 0) is 4.79 Å². The number of aromatic nitrogens is 1. The molecule has 0 bridgehead atoms. The Morgan fingerprint density at radius 2 is 1.73 bits per heavy atom. The maximum atomic E-state index is 12.2. The summed E-state index contributed by atoms with van der Waals surface area (Å²) in [5.41, 5.74) is 1.93. The van der Waals surface area contributed by atoms with Gasteiger partial charge in [0.2, 0.25) is 5.91 Å². The van der Waals surface area contributed by atoms with Gasteiger partial charge in [-0.15, -0.1) is 23.1 Å². The van der Waals surface area contributed by atoms with E-state index in [9.17, 15) is 4.79 Å². The SMILES string of the molecule is O=C(CSc1ccc2ccccc2c1)Nc1nc(-c2ccccc2)cs1. The second kappa shape index (κ2) is 7.72. The number of carbonyl (C=O) groups excluding carboxylic acids is 1. The normalized spacial score (nSPS) is 10.8. The van der Waals surface area contributed by atoms with Crippen molar-refractivity contribution in [3.8, 4) is 11.3 Å². The fourth-order valence-electron chi connectivity index (χ4n) is 2.63. The summed E-state index contributed by atoms with van der Waals surface area (Å²) < 4.78 is 0. The maximum Gasteiger partial charge on any atom is 0.236 e. The molecule has 26 heavy (non-hydrogen) atoms. The van der Waals surface area contributed by atoms with Gasteiger partial charge in [0, 0.05) is 15.8 Å². The number of hydrogen-bond acceptors (Lipinski definition) is 4. The fourth-order valence-corrected chi connectivity index (χ4v) is 4.11. The number of fused-ring (bicyclic) bond motifs is 1. The van der Waals surface area contributed by atoms with Crippen LogP contribution >= 0.6 is 23.1 Å². The second-order valence-corrected chi connectivity index (χ2v) is 7.66. The van der Waals surface area contributed by atoms with Crippen molar-refractivity contribution in [2.24, 2.45) is 0 Å². The van der Waals surface area contributed by atoms with Crippen molar-refractivity contribution in [2.45, 2.75) is 4.90 Å². The summed E-state index contributed by atoms with van der Waals surface area (Å²) in [4.78, 5) is 17.8. The zero-order valence-corrected chi connectivity index (χ0v) is 15.5. The molecule has 0 unspecified atom stereocenters. The summed E-state index contributed by atoms with van der Waals surface area (Å²) in [6.45, 7) is 0. The summed E-state index contributed by atoms with van der Waals surface area (Å²) in [6, 6.07) is 24.4. The smallest absolute Gasteiger partial charge is 0.236 e. The number of benzene rings is 3. The number of amides is 1. The minimum atomic E-state index is -0.0443. The monoisotopic (exact) mass is 376 g/mol. The summed E-state index contributed by atoms with van der Waals surface area (Å²) in [7, 11) is 0. The highest BCUT2D eigenvalue weighted by Crippen LogP contribution is 2.26. The van der Waals surface area contributed by atoms with E-state index in [2.05, 4.69) is 40.6 Å². The van der Waals surface area contributed by atoms with Crippen molar-refractivity contribution < 1.29 is 4.79 Å². The van der Waals surface area contributed by atoms with Gasteiger partial charge in [0.1, 0.15) is 0 Å². The molecule has 3 aromatic carbocycles. The highest BCUT2D eigenvalue weighted by molar-refractivity contribution is 8.00. The summed E-state index contributed by atoms with van der Waals surface area (Å²) in [6.07, 6.45) is 0. The van der Waals surface area contributed by atoms with Crippen molar-refractivity contribution in [2.75, 3.05) is 11.1 Å². The Bertz CT molecular complexity index is 1040. The molecule has 4 aromatic rings. The molecule has 0 radical (unpaired) electrons. The predicted molar refractivity (Wildman–Crippen MR) is 111 cm³/mol. The molecule has 1 aromatic heterocycles. The molecule has 3 nitrogen and oxygen atoms in total. The molecule has 0 saturated carbocycles. The van der Waals surface area contributed by atoms with Crippen LogP contribution in [0, 0.1) is 0 Å². The molecular weight excluding hydrogens is 360 g/mol. The third-order valence-electron chi connectivity index (χ3n) is 3.91. The molecule has 0 aliphatic rings. The average Bonchev–Trinajstić information content (AvgIpc) is 3.15. The van der Waals surface area contributed by atoms with Crippen LogP contribution < -0.4 is 5.32 Å². The van der Waals surface area contributed by atoms with Crippen LogP contribution in [0.2, 0.25) is 0 Å². The Kier molecular flexibility index (Phi) is 5.00. The van der Waals surface area contributed by atoms with Crippen molar-refractivity contribution in [1.82, 2.24) is 4.98 Å². The number of nitrogens with zero attached hydrogens (tertiary/aromatic N) is 1.